The SMILES string of the molecule is C=C[C@]1(C)C[C@@H](OC(=O)COc2cc3c(c(C4CCN(C(=O)OC(C)(C)C)CC4)c2)COB3O)[C@@]2(C)[C@@H]3C(=O)CC[C@@]3(CC[C@@H]2C)[C@@H](C)[C@@H]1O. The van der Waals surface area contributed by atoms with Crippen molar-refractivity contribution in [2.45, 2.75) is 124 Å². The van der Waals surface area contributed by atoms with Gasteiger partial charge in [-0.2, -0.15) is 0 Å². The first-order valence-electron chi connectivity index (χ1n) is 18.5. The van der Waals surface area contributed by atoms with Crippen molar-refractivity contribution in [3.8, 4) is 5.75 Å². The smallest absolute Gasteiger partial charge is 0.482 e. The van der Waals surface area contributed by atoms with Gasteiger partial charge in [-0.05, 0) is 111 Å². The van der Waals surface area contributed by atoms with Gasteiger partial charge in [0.2, 0.25) is 0 Å². The summed E-state index contributed by atoms with van der Waals surface area (Å²) in [6, 6.07) is 3.64. The summed E-state index contributed by atoms with van der Waals surface area (Å²) in [4.78, 5) is 41.9. The minimum atomic E-state index is -1.10. The Bertz CT molecular complexity index is 1520. The van der Waals surface area contributed by atoms with Crippen molar-refractivity contribution in [2.75, 3.05) is 19.7 Å². The zero-order chi connectivity index (χ0) is 36.4. The fraction of sp³-hybridized carbons (Fsp3) is 0.718. The molecule has 2 N–H and O–H groups in total. The van der Waals surface area contributed by atoms with E-state index in [9.17, 15) is 24.5 Å². The number of likely N-dealkylation sites (tertiary alicyclic amines) is 1. The van der Waals surface area contributed by atoms with Crippen molar-refractivity contribution in [1.29, 1.82) is 0 Å². The van der Waals surface area contributed by atoms with Crippen LogP contribution in [0.3, 0.4) is 0 Å². The van der Waals surface area contributed by atoms with Crippen LogP contribution < -0.4 is 10.2 Å². The van der Waals surface area contributed by atoms with Crippen molar-refractivity contribution in [1.82, 2.24) is 4.90 Å². The third kappa shape index (κ3) is 6.29. The minimum absolute atomic E-state index is 0.101. The highest BCUT2D eigenvalue weighted by atomic mass is 16.6. The number of amides is 1. The molecular formula is C39H56BNO9. The van der Waals surface area contributed by atoms with Crippen LogP contribution >= 0.6 is 0 Å². The Morgan fingerprint density at radius 2 is 1.84 bits per heavy atom. The number of hydrogen-bond acceptors (Lipinski definition) is 9. The molecule has 2 aliphatic heterocycles. The maximum absolute atomic E-state index is 13.7. The van der Waals surface area contributed by atoms with Crippen LogP contribution in [0.15, 0.2) is 24.8 Å². The second-order valence-corrected chi connectivity index (χ2v) is 17.3. The highest BCUT2D eigenvalue weighted by Gasteiger charge is 2.68. The number of aliphatic hydroxyl groups excluding tert-OH is 1. The summed E-state index contributed by atoms with van der Waals surface area (Å²) in [5, 5.41) is 22.5. The van der Waals surface area contributed by atoms with Crippen molar-refractivity contribution in [3.63, 3.8) is 0 Å². The van der Waals surface area contributed by atoms with E-state index in [1.807, 2.05) is 33.8 Å². The molecule has 1 aromatic rings. The van der Waals surface area contributed by atoms with Gasteiger partial charge in [0.05, 0.1) is 12.7 Å². The zero-order valence-corrected chi connectivity index (χ0v) is 31.0. The van der Waals surface area contributed by atoms with Gasteiger partial charge in [0, 0.05) is 36.3 Å². The van der Waals surface area contributed by atoms with Crippen LogP contribution in [-0.4, -0.2) is 77.5 Å². The van der Waals surface area contributed by atoms with E-state index in [2.05, 4.69) is 27.4 Å². The lowest BCUT2D eigenvalue weighted by Gasteiger charge is -2.61. The predicted molar refractivity (Wildman–Crippen MR) is 189 cm³/mol. The molecule has 274 valence electrons. The third-order valence-electron chi connectivity index (χ3n) is 13.5. The molecule has 4 fully saturated rings. The molecule has 8 atom stereocenters. The summed E-state index contributed by atoms with van der Waals surface area (Å²) >= 11 is 0. The van der Waals surface area contributed by atoms with E-state index in [4.69, 9.17) is 18.9 Å². The number of benzene rings is 1. The van der Waals surface area contributed by atoms with Crippen molar-refractivity contribution >= 4 is 30.4 Å². The molecule has 6 rings (SSSR count). The molecule has 0 aromatic heterocycles. The predicted octanol–water partition coefficient (Wildman–Crippen LogP) is 5.30. The Hall–Kier alpha value is -2.89. The molecule has 3 saturated carbocycles. The molecule has 1 aromatic carbocycles. The lowest BCUT2D eigenvalue weighted by Crippen LogP contribution is -2.63. The molecule has 2 bridgehead atoms. The summed E-state index contributed by atoms with van der Waals surface area (Å²) in [7, 11) is -1.10. The summed E-state index contributed by atoms with van der Waals surface area (Å²) in [6.07, 6.45) is 4.85. The van der Waals surface area contributed by atoms with Gasteiger partial charge in [-0.1, -0.05) is 33.8 Å². The van der Waals surface area contributed by atoms with Gasteiger partial charge in [0.1, 0.15) is 23.2 Å². The number of aliphatic hydroxyl groups is 1. The quantitative estimate of drug-likeness (QED) is 0.231. The number of esters is 1. The summed E-state index contributed by atoms with van der Waals surface area (Å²) < 4.78 is 23.6. The number of nitrogens with zero attached hydrogens (tertiary/aromatic N) is 1. The van der Waals surface area contributed by atoms with Gasteiger partial charge in [-0.15, -0.1) is 6.58 Å². The highest BCUT2D eigenvalue weighted by Crippen LogP contribution is 2.68. The van der Waals surface area contributed by atoms with Gasteiger partial charge < -0.3 is 33.9 Å². The largest absolute Gasteiger partial charge is 0.491 e. The Balaban J connectivity index is 1.21. The van der Waals surface area contributed by atoms with Gasteiger partial charge in [0.25, 0.3) is 0 Å². The number of Topliss-reactive ketones (excluding diaryl/α,β-unsaturated/α-hetero) is 1. The number of rotatable bonds is 6. The number of ketones is 1. The first-order valence-corrected chi connectivity index (χ1v) is 18.5. The first-order chi connectivity index (χ1) is 23.4. The van der Waals surface area contributed by atoms with E-state index in [-0.39, 0.29) is 54.2 Å². The molecule has 10 nitrogen and oxygen atoms in total. The van der Waals surface area contributed by atoms with E-state index in [0.29, 0.717) is 50.0 Å². The topological polar surface area (TPSA) is 132 Å². The molecule has 3 aliphatic carbocycles. The van der Waals surface area contributed by atoms with Crippen LogP contribution in [0.1, 0.15) is 110 Å². The number of carbonyl (C=O) groups excluding carboxylic acids is 3. The maximum Gasteiger partial charge on any atom is 0.491 e. The Morgan fingerprint density at radius 3 is 2.50 bits per heavy atom. The van der Waals surface area contributed by atoms with Gasteiger partial charge >= 0.3 is 19.2 Å². The molecule has 0 radical (unpaired) electrons. The molecule has 0 unspecified atom stereocenters. The van der Waals surface area contributed by atoms with Crippen molar-refractivity contribution < 1.29 is 43.4 Å². The van der Waals surface area contributed by atoms with Crippen molar-refractivity contribution in [2.24, 2.45) is 34.0 Å². The Kier molecular flexibility index (Phi) is 9.79. The van der Waals surface area contributed by atoms with Crippen LogP contribution in [0, 0.1) is 34.0 Å². The van der Waals surface area contributed by atoms with E-state index in [0.717, 1.165) is 30.4 Å². The lowest BCUT2D eigenvalue weighted by molar-refractivity contribution is -0.207. The molecule has 1 amide bonds. The zero-order valence-electron chi connectivity index (χ0n) is 31.0. The van der Waals surface area contributed by atoms with E-state index < -0.39 is 41.7 Å². The van der Waals surface area contributed by atoms with Crippen LogP contribution in [0.25, 0.3) is 0 Å². The molecule has 1 saturated heterocycles. The van der Waals surface area contributed by atoms with Gasteiger partial charge in [-0.25, -0.2) is 9.59 Å². The second kappa shape index (κ2) is 13.3. The molecule has 2 heterocycles. The number of carbonyl (C=O) groups is 3. The number of hydrogen-bond donors (Lipinski definition) is 2. The van der Waals surface area contributed by atoms with Gasteiger partial charge in [-0.3, -0.25) is 4.79 Å². The first kappa shape index (κ1) is 36.9. The minimum Gasteiger partial charge on any atom is -0.482 e. The molecular weight excluding hydrogens is 637 g/mol. The molecule has 5 aliphatic rings. The Morgan fingerprint density at radius 1 is 1.14 bits per heavy atom. The molecule has 11 heteroatoms. The fourth-order valence-electron chi connectivity index (χ4n) is 10.3. The van der Waals surface area contributed by atoms with Gasteiger partial charge in [0.15, 0.2) is 6.61 Å². The third-order valence-corrected chi connectivity index (χ3v) is 13.5. The lowest BCUT2D eigenvalue weighted by atomic mass is 9.44. The van der Waals surface area contributed by atoms with Crippen LogP contribution in [0.2, 0.25) is 0 Å². The molecule has 0 spiro atoms. The number of ether oxygens (including phenoxy) is 3. The van der Waals surface area contributed by atoms with Crippen molar-refractivity contribution in [3.05, 3.63) is 35.9 Å². The second-order valence-electron chi connectivity index (χ2n) is 17.3. The van der Waals surface area contributed by atoms with E-state index in [1.54, 1.807) is 17.0 Å². The fourth-order valence-corrected chi connectivity index (χ4v) is 10.3. The number of piperidine rings is 1. The van der Waals surface area contributed by atoms with Crippen LogP contribution in [0.5, 0.6) is 5.75 Å². The standard InChI is InChI=1S/C39H56BNO9/c1-9-37(7)20-31(38(8)23(2)10-14-39(24(3)34(37)44)15-11-30(42)33(38)39)49-32(43)22-47-26-18-27(28-21-48-40(46)29(28)19-26)25-12-16-41(17-13-25)35(45)50-36(4,5)6/h9,18-19,23-25,31,33-34,44,46H,1,10-17,20-22H2,2-8H3/t23-,24-,31+,33-,34-,37+,38-,39-/m0/s1. The summed E-state index contributed by atoms with van der Waals surface area (Å²) in [5.41, 5.74) is 0.254. The average molecular weight is 694 g/mol. The Labute approximate surface area is 297 Å². The summed E-state index contributed by atoms with van der Waals surface area (Å²) in [5.74, 6) is -0.102. The van der Waals surface area contributed by atoms with E-state index >= 15 is 0 Å². The van der Waals surface area contributed by atoms with E-state index in [1.165, 1.54) is 0 Å². The monoisotopic (exact) mass is 693 g/mol. The highest BCUT2D eigenvalue weighted by molar-refractivity contribution is 6.61. The van der Waals surface area contributed by atoms with Crippen LogP contribution in [-0.2, 0) is 30.3 Å². The average Bonchev–Trinajstić information content (AvgIpc) is 3.63. The summed E-state index contributed by atoms with van der Waals surface area (Å²) in [6.45, 7) is 19.0. The molecule has 50 heavy (non-hydrogen) atoms. The van der Waals surface area contributed by atoms with Crippen LogP contribution in [0.4, 0.5) is 4.79 Å². The number of fused-ring (bicyclic) bond motifs is 1. The normalized spacial score (nSPS) is 35.9. The maximum atomic E-state index is 13.7.